The van der Waals surface area contributed by atoms with Crippen molar-refractivity contribution in [1.29, 1.82) is 0 Å². The highest BCUT2D eigenvalue weighted by Crippen LogP contribution is 2.55. The van der Waals surface area contributed by atoms with Crippen LogP contribution < -0.4 is 5.32 Å². The zero-order valence-electron chi connectivity index (χ0n) is 20.0. The summed E-state index contributed by atoms with van der Waals surface area (Å²) in [6.45, 7) is 0.245. The monoisotopic (exact) mass is 523 g/mol. The molecule has 0 aliphatic carbocycles. The zero-order chi connectivity index (χ0) is 26.8. The molecule has 0 spiro atoms. The first-order valence-electron chi connectivity index (χ1n) is 11.9. The van der Waals surface area contributed by atoms with Gasteiger partial charge in [0.05, 0.1) is 18.1 Å². The Morgan fingerprint density at radius 1 is 1.05 bits per heavy atom. The van der Waals surface area contributed by atoms with Crippen molar-refractivity contribution in [3.63, 3.8) is 0 Å². The summed E-state index contributed by atoms with van der Waals surface area (Å²) in [6.07, 6.45) is -4.84. The molecule has 2 atom stereocenters. The molecule has 2 unspecified atom stereocenters. The predicted octanol–water partition coefficient (Wildman–Crippen LogP) is 5.70. The summed E-state index contributed by atoms with van der Waals surface area (Å²) < 4.78 is 58.8. The van der Waals surface area contributed by atoms with Gasteiger partial charge in [0.25, 0.3) is 5.91 Å². The number of esters is 1. The Morgan fingerprint density at radius 2 is 1.79 bits per heavy atom. The van der Waals surface area contributed by atoms with Gasteiger partial charge < -0.3 is 19.9 Å². The number of anilines is 1. The lowest BCUT2D eigenvalue weighted by atomic mass is 9.72. The molecule has 0 saturated carbocycles. The maximum atomic E-state index is 14.5. The van der Waals surface area contributed by atoms with Gasteiger partial charge in [0, 0.05) is 34.3 Å². The summed E-state index contributed by atoms with van der Waals surface area (Å²) in [5.74, 6) is -1.59. The first-order valence-corrected chi connectivity index (χ1v) is 11.9. The number of nitrogens with zero attached hydrogens (tertiary/aromatic N) is 1. The zero-order valence-corrected chi connectivity index (χ0v) is 20.0. The molecule has 2 N–H and O–H groups in total. The van der Waals surface area contributed by atoms with Crippen LogP contribution in [-0.2, 0) is 16.3 Å². The Kier molecular flexibility index (Phi) is 5.27. The van der Waals surface area contributed by atoms with Crippen molar-refractivity contribution in [2.75, 3.05) is 19.0 Å². The number of aromatic amines is 1. The minimum Gasteiger partial charge on any atom is -0.464 e. The number of ether oxygens (including phenoxy) is 1. The van der Waals surface area contributed by atoms with Crippen molar-refractivity contribution in [2.24, 2.45) is 0 Å². The minimum atomic E-state index is -4.52. The van der Waals surface area contributed by atoms with E-state index in [4.69, 9.17) is 4.74 Å². The molecule has 10 heteroatoms. The lowest BCUT2D eigenvalue weighted by molar-refractivity contribution is -0.137. The lowest BCUT2D eigenvalue weighted by Gasteiger charge is -2.33. The van der Waals surface area contributed by atoms with E-state index in [2.05, 4.69) is 10.3 Å². The molecule has 38 heavy (non-hydrogen) atoms. The van der Waals surface area contributed by atoms with Crippen LogP contribution in [0.2, 0.25) is 0 Å². The van der Waals surface area contributed by atoms with Crippen molar-refractivity contribution in [3.05, 3.63) is 100 Å². The Bertz CT molecular complexity index is 1600. The summed E-state index contributed by atoms with van der Waals surface area (Å²) in [7, 11) is 1.25. The highest BCUT2D eigenvalue weighted by atomic mass is 19.4. The van der Waals surface area contributed by atoms with Crippen molar-refractivity contribution < 1.29 is 31.9 Å². The molecule has 2 aliphatic heterocycles. The average molecular weight is 523 g/mol. The fraction of sp³-hybridized carbons (Fsp3) is 0.214. The number of benzene rings is 3. The van der Waals surface area contributed by atoms with E-state index in [1.165, 1.54) is 19.2 Å². The van der Waals surface area contributed by atoms with Crippen molar-refractivity contribution in [1.82, 2.24) is 9.88 Å². The summed E-state index contributed by atoms with van der Waals surface area (Å²) in [5.41, 5.74) is 1.04. The second kappa shape index (κ2) is 8.34. The maximum absolute atomic E-state index is 14.5. The normalized spacial score (nSPS) is 20.2. The van der Waals surface area contributed by atoms with Gasteiger partial charge in [-0.1, -0.05) is 18.2 Å². The number of hydrogen-bond acceptors (Lipinski definition) is 4. The van der Waals surface area contributed by atoms with Crippen LogP contribution in [-0.4, -0.2) is 41.6 Å². The molecule has 1 fully saturated rings. The van der Waals surface area contributed by atoms with E-state index >= 15 is 0 Å². The molecule has 6 nitrogen and oxygen atoms in total. The Morgan fingerprint density at radius 3 is 2.50 bits per heavy atom. The number of aromatic nitrogens is 1. The standard InChI is InChI=1S/C28H21F4N3O3/c1-38-25(37)23-22(18-14-17(29)10-11-20(18)33-23)27-12-13-35(26(27)34-21-5-3-2-4-19(21)27)24(36)15-6-8-16(9-7-15)28(30,31)32/h2-11,14,26,33-34H,12-13H2,1H3. The number of para-hydroxylation sites is 1. The van der Waals surface area contributed by atoms with Crippen LogP contribution in [0.25, 0.3) is 10.9 Å². The molecular weight excluding hydrogens is 502 g/mol. The van der Waals surface area contributed by atoms with E-state index in [1.807, 2.05) is 24.3 Å². The van der Waals surface area contributed by atoms with E-state index in [-0.39, 0.29) is 17.8 Å². The molecule has 4 aromatic rings. The number of carbonyl (C=O) groups excluding carboxylic acids is 2. The first kappa shape index (κ1) is 24.0. The number of fused-ring (bicyclic) bond motifs is 4. The number of likely N-dealkylation sites (tertiary alicyclic amines) is 1. The van der Waals surface area contributed by atoms with Crippen LogP contribution in [0.1, 0.15) is 44.0 Å². The van der Waals surface area contributed by atoms with Crippen LogP contribution in [0, 0.1) is 5.82 Å². The van der Waals surface area contributed by atoms with Gasteiger partial charge in [-0.15, -0.1) is 0 Å². The third-order valence-electron chi connectivity index (χ3n) is 7.54. The fourth-order valence-electron chi connectivity index (χ4n) is 5.92. The van der Waals surface area contributed by atoms with Crippen LogP contribution in [0.3, 0.4) is 0 Å². The molecule has 1 amide bonds. The van der Waals surface area contributed by atoms with Crippen molar-refractivity contribution in [2.45, 2.75) is 24.2 Å². The highest BCUT2D eigenvalue weighted by Gasteiger charge is 2.58. The van der Waals surface area contributed by atoms with Gasteiger partial charge in [-0.25, -0.2) is 9.18 Å². The smallest absolute Gasteiger partial charge is 0.416 e. The molecule has 3 aromatic carbocycles. The molecule has 0 radical (unpaired) electrons. The van der Waals surface area contributed by atoms with Gasteiger partial charge in [-0.2, -0.15) is 13.2 Å². The van der Waals surface area contributed by atoms with Crippen molar-refractivity contribution >= 4 is 28.5 Å². The number of amides is 1. The fourth-order valence-corrected chi connectivity index (χ4v) is 5.92. The van der Waals surface area contributed by atoms with Crippen molar-refractivity contribution in [3.8, 4) is 0 Å². The van der Waals surface area contributed by atoms with E-state index in [9.17, 15) is 27.2 Å². The van der Waals surface area contributed by atoms with Gasteiger partial charge in [-0.3, -0.25) is 4.79 Å². The van der Waals surface area contributed by atoms with E-state index in [0.29, 0.717) is 22.9 Å². The van der Waals surface area contributed by atoms with Gasteiger partial charge >= 0.3 is 12.1 Å². The Labute approximate surface area is 214 Å². The summed E-state index contributed by atoms with van der Waals surface area (Å²) in [4.78, 5) is 31.2. The average Bonchev–Trinajstić information content (AvgIpc) is 3.56. The first-order chi connectivity index (χ1) is 18.1. The number of nitrogens with one attached hydrogen (secondary N) is 2. The van der Waals surface area contributed by atoms with Crippen LogP contribution in [0.15, 0.2) is 66.7 Å². The number of halogens is 4. The van der Waals surface area contributed by atoms with Crippen LogP contribution in [0.5, 0.6) is 0 Å². The van der Waals surface area contributed by atoms with Crippen LogP contribution >= 0.6 is 0 Å². The largest absolute Gasteiger partial charge is 0.464 e. The second-order valence-corrected chi connectivity index (χ2v) is 9.44. The molecule has 1 aromatic heterocycles. The van der Waals surface area contributed by atoms with E-state index in [1.54, 1.807) is 11.0 Å². The topological polar surface area (TPSA) is 74.4 Å². The molecule has 3 heterocycles. The number of carbonyl (C=O) groups is 2. The third-order valence-corrected chi connectivity index (χ3v) is 7.54. The summed E-state index contributed by atoms with van der Waals surface area (Å²) in [6, 6.07) is 15.7. The molecule has 2 aliphatic rings. The quantitative estimate of drug-likeness (QED) is 0.267. The number of H-pyrrole nitrogens is 1. The molecule has 194 valence electrons. The summed E-state index contributed by atoms with van der Waals surface area (Å²) in [5, 5.41) is 3.87. The predicted molar refractivity (Wildman–Crippen MR) is 131 cm³/mol. The third kappa shape index (κ3) is 3.39. The SMILES string of the molecule is COC(=O)c1[nH]c2ccc(F)cc2c1C12CCN(C(=O)c3ccc(C(F)(F)F)cc3)C1Nc1ccccc12. The minimum absolute atomic E-state index is 0.102. The van der Waals surface area contributed by atoms with E-state index < -0.39 is 41.0 Å². The second-order valence-electron chi connectivity index (χ2n) is 9.44. The van der Waals surface area contributed by atoms with Gasteiger partial charge in [-0.05, 0) is 60.5 Å². The van der Waals surface area contributed by atoms with Crippen LogP contribution in [0.4, 0.5) is 23.2 Å². The lowest BCUT2D eigenvalue weighted by Crippen LogP contribution is -2.47. The van der Waals surface area contributed by atoms with E-state index in [0.717, 1.165) is 35.5 Å². The maximum Gasteiger partial charge on any atom is 0.416 e. The Hall–Kier alpha value is -4.34. The molecule has 1 saturated heterocycles. The highest BCUT2D eigenvalue weighted by molar-refractivity contribution is 6.01. The molecular formula is C28H21F4N3O3. The van der Waals surface area contributed by atoms with Gasteiger partial charge in [0.1, 0.15) is 17.7 Å². The summed E-state index contributed by atoms with van der Waals surface area (Å²) >= 11 is 0. The van der Waals surface area contributed by atoms with Gasteiger partial charge in [0.15, 0.2) is 0 Å². The number of rotatable bonds is 3. The number of methoxy groups -OCH3 is 1. The van der Waals surface area contributed by atoms with Gasteiger partial charge in [0.2, 0.25) is 0 Å². The number of hydrogen-bond donors (Lipinski definition) is 2. The molecule has 6 rings (SSSR count). The molecule has 0 bridgehead atoms. The Balaban J connectivity index is 1.52. The number of alkyl halides is 3.